The number of ether oxygens (including phenoxy) is 1. The second-order valence-electron chi connectivity index (χ2n) is 13.2. The van der Waals surface area contributed by atoms with E-state index in [1.807, 2.05) is 13.8 Å². The first-order valence-corrected chi connectivity index (χ1v) is 17.8. The lowest BCUT2D eigenvalue weighted by atomic mass is 9.94. The Labute approximate surface area is 297 Å². The van der Waals surface area contributed by atoms with Gasteiger partial charge < -0.3 is 20.3 Å². The molecule has 1 amide bonds. The fraction of sp³-hybridized carbons (Fsp3) is 0.417. The third-order valence-electron chi connectivity index (χ3n) is 10.6. The Morgan fingerprint density at radius 3 is 2.92 bits per heavy atom. The molecule has 4 unspecified atom stereocenters. The standard InChI is InChI=1S/C36H35ClF2N8O2S/c1-5-27(48)47-13-10-26(19(47)3)46(6-2)34-22-14-24(37)28(21-8-9-25(39)32-29(21)31(42-4)33(41)50-32)23(16-40)30(22)43-35(44-34)49-18-36-11-7-12-45(36)17-20(38)15-36/h5,8-9,14,19-20,26H,1,6-7,10-13,15,17-18,41H2,2-3H3. The third kappa shape index (κ3) is 5.31. The highest BCUT2D eigenvalue weighted by atomic mass is 35.5. The second-order valence-corrected chi connectivity index (χ2v) is 14.6. The average Bonchev–Trinajstić information content (AvgIpc) is 3.85. The van der Waals surface area contributed by atoms with Crippen LogP contribution in [-0.2, 0) is 4.79 Å². The number of benzene rings is 2. The van der Waals surface area contributed by atoms with Gasteiger partial charge in [0.2, 0.25) is 11.6 Å². The number of rotatable bonds is 8. The van der Waals surface area contributed by atoms with Crippen molar-refractivity contribution in [3.05, 3.63) is 58.7 Å². The maximum Gasteiger partial charge on any atom is 0.319 e. The van der Waals surface area contributed by atoms with E-state index in [1.54, 1.807) is 11.0 Å². The number of carbonyl (C=O) groups is 1. The lowest BCUT2D eigenvalue weighted by Gasteiger charge is -2.34. The van der Waals surface area contributed by atoms with Crippen LogP contribution in [0.15, 0.2) is 30.9 Å². The monoisotopic (exact) mass is 716 g/mol. The molecule has 50 heavy (non-hydrogen) atoms. The van der Waals surface area contributed by atoms with Crippen molar-refractivity contribution in [1.82, 2.24) is 19.8 Å². The van der Waals surface area contributed by atoms with Gasteiger partial charge in [0.1, 0.15) is 30.5 Å². The first-order valence-electron chi connectivity index (χ1n) is 16.6. The number of likely N-dealkylation sites (tertiary alicyclic amines) is 1. The van der Waals surface area contributed by atoms with Crippen LogP contribution >= 0.6 is 22.9 Å². The van der Waals surface area contributed by atoms with Crippen LogP contribution in [0.5, 0.6) is 6.01 Å². The quantitative estimate of drug-likeness (QED) is 0.150. The summed E-state index contributed by atoms with van der Waals surface area (Å²) in [4.78, 5) is 32.0. The van der Waals surface area contributed by atoms with Crippen LogP contribution in [0.2, 0.25) is 5.02 Å². The first kappa shape index (κ1) is 33.9. The Balaban J connectivity index is 1.43. The Kier molecular flexibility index (Phi) is 8.79. The molecule has 2 aromatic carbocycles. The fourth-order valence-electron chi connectivity index (χ4n) is 8.30. The van der Waals surface area contributed by atoms with Crippen molar-refractivity contribution in [3.8, 4) is 23.2 Å². The Bertz CT molecular complexity index is 2150. The Hall–Kier alpha value is -4.56. The average molecular weight is 717 g/mol. The molecule has 4 aromatic rings. The molecule has 2 N–H and O–H groups in total. The van der Waals surface area contributed by atoms with Crippen molar-refractivity contribution >= 4 is 66.3 Å². The minimum Gasteiger partial charge on any atom is -0.461 e. The largest absolute Gasteiger partial charge is 0.461 e. The number of nitrogens with two attached hydrogens (primary N) is 1. The highest BCUT2D eigenvalue weighted by Gasteiger charge is 2.49. The first-order chi connectivity index (χ1) is 24.0. The predicted octanol–water partition coefficient (Wildman–Crippen LogP) is 7.27. The lowest BCUT2D eigenvalue weighted by molar-refractivity contribution is -0.126. The number of hydrogen-bond donors (Lipinski definition) is 1. The molecule has 7 rings (SSSR count). The van der Waals surface area contributed by atoms with Crippen molar-refractivity contribution in [1.29, 1.82) is 5.26 Å². The van der Waals surface area contributed by atoms with Crippen LogP contribution in [0.1, 0.15) is 45.1 Å². The number of nitriles is 1. The minimum atomic E-state index is -0.943. The van der Waals surface area contributed by atoms with Crippen molar-refractivity contribution in [2.75, 3.05) is 43.4 Å². The van der Waals surface area contributed by atoms with Crippen LogP contribution in [0, 0.1) is 23.7 Å². The number of nitrogens with zero attached hydrogens (tertiary/aromatic N) is 7. The van der Waals surface area contributed by atoms with Gasteiger partial charge in [0.15, 0.2) is 0 Å². The van der Waals surface area contributed by atoms with Crippen LogP contribution in [0.3, 0.4) is 0 Å². The van der Waals surface area contributed by atoms with Crippen molar-refractivity contribution in [2.24, 2.45) is 0 Å². The number of hydrogen-bond acceptors (Lipinski definition) is 9. The van der Waals surface area contributed by atoms with E-state index in [0.717, 1.165) is 30.7 Å². The molecule has 3 aliphatic heterocycles. The molecular weight excluding hydrogens is 682 g/mol. The lowest BCUT2D eigenvalue weighted by Crippen LogP contribution is -2.45. The molecule has 0 spiro atoms. The zero-order valence-electron chi connectivity index (χ0n) is 27.7. The van der Waals surface area contributed by atoms with Gasteiger partial charge in [-0.1, -0.05) is 24.2 Å². The molecule has 0 aliphatic carbocycles. The highest BCUT2D eigenvalue weighted by molar-refractivity contribution is 7.23. The zero-order valence-corrected chi connectivity index (χ0v) is 29.3. The summed E-state index contributed by atoms with van der Waals surface area (Å²) >= 11 is 8.02. The highest BCUT2D eigenvalue weighted by Crippen LogP contribution is 2.50. The van der Waals surface area contributed by atoms with Gasteiger partial charge in [-0.25, -0.2) is 13.6 Å². The van der Waals surface area contributed by atoms with Gasteiger partial charge in [-0.15, -0.1) is 11.3 Å². The summed E-state index contributed by atoms with van der Waals surface area (Å²) in [5.74, 6) is -0.223. The molecule has 2 aromatic heterocycles. The smallest absolute Gasteiger partial charge is 0.319 e. The number of nitrogen functional groups attached to an aromatic ring is 1. The van der Waals surface area contributed by atoms with Gasteiger partial charge in [0.25, 0.3) is 0 Å². The van der Waals surface area contributed by atoms with E-state index in [0.29, 0.717) is 49.2 Å². The van der Waals surface area contributed by atoms with E-state index < -0.39 is 17.5 Å². The normalized spacial score (nSPS) is 23.3. The summed E-state index contributed by atoms with van der Waals surface area (Å²) in [6, 6.07) is 6.44. The molecule has 14 heteroatoms. The minimum absolute atomic E-state index is 0.0230. The molecule has 0 saturated carbocycles. The topological polar surface area (TPSA) is 116 Å². The van der Waals surface area contributed by atoms with E-state index in [1.165, 1.54) is 18.2 Å². The Morgan fingerprint density at radius 1 is 1.40 bits per heavy atom. The second kappa shape index (κ2) is 13.0. The van der Waals surface area contributed by atoms with Crippen LogP contribution in [0.4, 0.5) is 25.3 Å². The summed E-state index contributed by atoms with van der Waals surface area (Å²) < 4.78 is 36.2. The van der Waals surface area contributed by atoms with E-state index in [9.17, 15) is 14.4 Å². The number of thiophene rings is 1. The van der Waals surface area contributed by atoms with Crippen LogP contribution in [-0.4, -0.2) is 82.3 Å². The number of likely N-dealkylation sites (N-methyl/N-ethyl adjacent to an activating group) is 1. The van der Waals surface area contributed by atoms with Gasteiger partial charge in [0, 0.05) is 48.4 Å². The number of halogens is 3. The molecule has 5 heterocycles. The maximum atomic E-state index is 15.0. The van der Waals surface area contributed by atoms with E-state index >= 15 is 4.39 Å². The molecule has 0 radical (unpaired) electrons. The molecule has 3 saturated heterocycles. The van der Waals surface area contributed by atoms with Gasteiger partial charge in [-0.3, -0.25) is 9.69 Å². The van der Waals surface area contributed by atoms with E-state index in [2.05, 4.69) is 27.3 Å². The van der Waals surface area contributed by atoms with Gasteiger partial charge >= 0.3 is 6.01 Å². The van der Waals surface area contributed by atoms with E-state index in [4.69, 9.17) is 38.6 Å². The molecule has 0 bridgehead atoms. The van der Waals surface area contributed by atoms with Crippen LogP contribution in [0.25, 0.3) is 37.0 Å². The van der Waals surface area contributed by atoms with Crippen molar-refractivity contribution in [2.45, 2.75) is 63.3 Å². The number of amides is 1. The predicted molar refractivity (Wildman–Crippen MR) is 192 cm³/mol. The number of alkyl halides is 1. The molecule has 3 fully saturated rings. The SMILES string of the molecule is [C-]#[N+]c1c(N)sc2c(F)ccc(-c3c(Cl)cc4c(N(CC)C5CCN(C(=O)C=C)C5C)nc(OCC56CCCN5CC(F)C6)nc4c3C#N)c12. The van der Waals surface area contributed by atoms with Crippen molar-refractivity contribution in [3.63, 3.8) is 0 Å². The van der Waals surface area contributed by atoms with Gasteiger partial charge in [-0.05, 0) is 63.4 Å². The molecule has 258 valence electrons. The number of carbonyl (C=O) groups excluding carboxylic acids is 1. The Morgan fingerprint density at radius 2 is 2.20 bits per heavy atom. The number of fused-ring (bicyclic) bond motifs is 3. The van der Waals surface area contributed by atoms with Gasteiger partial charge in [-0.2, -0.15) is 15.2 Å². The number of aromatic nitrogens is 2. The number of anilines is 2. The maximum absolute atomic E-state index is 15.0. The summed E-state index contributed by atoms with van der Waals surface area (Å²) in [6.45, 7) is 17.8. The van der Waals surface area contributed by atoms with Crippen molar-refractivity contribution < 1.29 is 18.3 Å². The molecule has 3 aliphatic rings. The summed E-state index contributed by atoms with van der Waals surface area (Å²) in [5, 5.41) is 11.9. The summed E-state index contributed by atoms with van der Waals surface area (Å²) in [6.07, 6.45) is 3.12. The third-order valence-corrected chi connectivity index (χ3v) is 11.9. The van der Waals surface area contributed by atoms with E-state index in [-0.39, 0.29) is 73.0 Å². The van der Waals surface area contributed by atoms with Crippen LogP contribution < -0.4 is 15.4 Å². The molecule has 4 atom stereocenters. The van der Waals surface area contributed by atoms with Gasteiger partial charge in [0.05, 0.1) is 44.0 Å². The summed E-state index contributed by atoms with van der Waals surface area (Å²) in [5.41, 5.74) is 6.78. The fourth-order valence-corrected chi connectivity index (χ4v) is 9.55. The molecular formula is C36H35ClF2N8O2S. The summed E-state index contributed by atoms with van der Waals surface area (Å²) in [7, 11) is 0. The molecule has 10 nitrogen and oxygen atoms in total. The zero-order chi connectivity index (χ0) is 35.5.